The number of rotatable bonds is 1. The van der Waals surface area contributed by atoms with Crippen molar-refractivity contribution in [2.24, 2.45) is 5.73 Å². The molecule has 0 saturated heterocycles. The van der Waals surface area contributed by atoms with Crippen molar-refractivity contribution in [1.29, 1.82) is 0 Å². The van der Waals surface area contributed by atoms with Gasteiger partial charge in [0.2, 0.25) is 0 Å². The molecular weight excluding hydrogens is 178 g/mol. The summed E-state index contributed by atoms with van der Waals surface area (Å²) in [5, 5.41) is 0.713. The summed E-state index contributed by atoms with van der Waals surface area (Å²) in [7, 11) is 0. The van der Waals surface area contributed by atoms with Crippen LogP contribution in [0.25, 0.3) is 0 Å². The maximum Gasteiger partial charge on any atom is 0.0316 e. The van der Waals surface area contributed by atoms with Gasteiger partial charge in [-0.2, -0.15) is 0 Å². The summed E-state index contributed by atoms with van der Waals surface area (Å²) >= 11 is 1.98. The maximum atomic E-state index is 6.10. The quantitative estimate of drug-likeness (QED) is 0.742. The fourth-order valence-electron chi connectivity index (χ4n) is 1.78. The third-order valence-electron chi connectivity index (χ3n) is 2.58. The molecule has 1 aliphatic heterocycles. The Kier molecular flexibility index (Phi) is 2.61. The average molecular weight is 193 g/mol. The molecule has 2 rings (SSSR count). The molecule has 0 saturated carbocycles. The van der Waals surface area contributed by atoms with Crippen LogP contribution in [0.2, 0.25) is 0 Å². The Morgan fingerprint density at radius 2 is 2.23 bits per heavy atom. The molecule has 2 N–H and O–H groups in total. The van der Waals surface area contributed by atoms with E-state index < -0.39 is 0 Å². The molecule has 0 spiro atoms. The molecule has 0 aliphatic carbocycles. The van der Waals surface area contributed by atoms with Gasteiger partial charge in [0, 0.05) is 16.2 Å². The number of fused-ring (bicyclic) bond motifs is 1. The average Bonchev–Trinajstić information content (AvgIpc) is 2.18. The standard InChI is InChI=1S/C11H15NS/c1-2-8-7-10(12)9-5-3-4-6-11(9)13-8/h3-6,8,10H,2,7,12H2,1H3. The van der Waals surface area contributed by atoms with Gasteiger partial charge in [0.25, 0.3) is 0 Å². The van der Waals surface area contributed by atoms with Crippen LogP contribution in [0.3, 0.4) is 0 Å². The second kappa shape index (κ2) is 3.72. The Hall–Kier alpha value is -0.470. The van der Waals surface area contributed by atoms with Crippen molar-refractivity contribution < 1.29 is 0 Å². The van der Waals surface area contributed by atoms with Crippen LogP contribution in [0, 0.1) is 0 Å². The highest BCUT2D eigenvalue weighted by atomic mass is 32.2. The van der Waals surface area contributed by atoms with Crippen LogP contribution in [-0.4, -0.2) is 5.25 Å². The largest absolute Gasteiger partial charge is 0.324 e. The van der Waals surface area contributed by atoms with Crippen LogP contribution < -0.4 is 5.73 Å². The Morgan fingerprint density at radius 1 is 1.46 bits per heavy atom. The van der Waals surface area contributed by atoms with Gasteiger partial charge in [-0.1, -0.05) is 25.1 Å². The molecular formula is C11H15NS. The molecule has 0 radical (unpaired) electrons. The van der Waals surface area contributed by atoms with Crippen molar-refractivity contribution in [3.05, 3.63) is 29.8 Å². The Bertz CT molecular complexity index is 298. The number of nitrogens with two attached hydrogens (primary N) is 1. The van der Waals surface area contributed by atoms with Crippen LogP contribution in [0.4, 0.5) is 0 Å². The van der Waals surface area contributed by atoms with E-state index in [1.54, 1.807) is 0 Å². The van der Waals surface area contributed by atoms with Crippen molar-refractivity contribution in [1.82, 2.24) is 0 Å². The monoisotopic (exact) mass is 193 g/mol. The van der Waals surface area contributed by atoms with Crippen LogP contribution in [0.1, 0.15) is 31.4 Å². The molecule has 1 aromatic carbocycles. The molecule has 1 aromatic rings. The smallest absolute Gasteiger partial charge is 0.0316 e. The first-order valence-electron chi connectivity index (χ1n) is 4.82. The van der Waals surface area contributed by atoms with Crippen LogP contribution in [-0.2, 0) is 0 Å². The molecule has 2 heteroatoms. The predicted octanol–water partition coefficient (Wildman–Crippen LogP) is 2.96. The molecule has 2 unspecified atom stereocenters. The molecule has 0 bridgehead atoms. The second-order valence-electron chi connectivity index (χ2n) is 3.53. The van der Waals surface area contributed by atoms with Gasteiger partial charge in [-0.05, 0) is 24.5 Å². The SMILES string of the molecule is CCC1CC(N)c2ccccc2S1. The first-order chi connectivity index (χ1) is 6.31. The minimum Gasteiger partial charge on any atom is -0.324 e. The Labute approximate surface area is 83.7 Å². The van der Waals surface area contributed by atoms with Crippen molar-refractivity contribution in [2.45, 2.75) is 36.0 Å². The van der Waals surface area contributed by atoms with Crippen molar-refractivity contribution >= 4 is 11.8 Å². The lowest BCUT2D eigenvalue weighted by atomic mass is 10.0. The fourth-order valence-corrected chi connectivity index (χ4v) is 3.12. The minimum absolute atomic E-state index is 0.252. The van der Waals surface area contributed by atoms with Crippen molar-refractivity contribution in [3.8, 4) is 0 Å². The molecule has 1 heterocycles. The van der Waals surface area contributed by atoms with Gasteiger partial charge in [-0.3, -0.25) is 0 Å². The van der Waals surface area contributed by atoms with Gasteiger partial charge in [0.1, 0.15) is 0 Å². The zero-order valence-corrected chi connectivity index (χ0v) is 8.68. The first kappa shape index (κ1) is 9.10. The van der Waals surface area contributed by atoms with E-state index in [-0.39, 0.29) is 6.04 Å². The highest BCUT2D eigenvalue weighted by Gasteiger charge is 2.23. The lowest BCUT2D eigenvalue weighted by molar-refractivity contribution is 0.594. The summed E-state index contributed by atoms with van der Waals surface area (Å²) in [6, 6.07) is 8.75. The first-order valence-corrected chi connectivity index (χ1v) is 5.70. The number of hydrogen-bond donors (Lipinski definition) is 1. The van der Waals surface area contributed by atoms with E-state index in [1.807, 2.05) is 11.8 Å². The summed E-state index contributed by atoms with van der Waals surface area (Å²) in [5.74, 6) is 0. The number of benzene rings is 1. The van der Waals surface area contributed by atoms with E-state index in [9.17, 15) is 0 Å². The molecule has 0 aromatic heterocycles. The van der Waals surface area contributed by atoms with Crippen LogP contribution in [0.5, 0.6) is 0 Å². The van der Waals surface area contributed by atoms with Gasteiger partial charge in [-0.25, -0.2) is 0 Å². The Morgan fingerprint density at radius 3 is 3.00 bits per heavy atom. The van der Waals surface area contributed by atoms with E-state index >= 15 is 0 Å². The highest BCUT2D eigenvalue weighted by molar-refractivity contribution is 8.00. The molecule has 70 valence electrons. The van der Waals surface area contributed by atoms with Gasteiger partial charge in [0.15, 0.2) is 0 Å². The second-order valence-corrected chi connectivity index (χ2v) is 4.87. The normalized spacial score (nSPS) is 26.9. The Balaban J connectivity index is 2.31. The summed E-state index contributed by atoms with van der Waals surface area (Å²) in [6.07, 6.45) is 2.34. The molecule has 0 fully saturated rings. The van der Waals surface area contributed by atoms with Crippen LogP contribution in [0.15, 0.2) is 29.2 Å². The predicted molar refractivity (Wildman–Crippen MR) is 57.9 cm³/mol. The zero-order valence-electron chi connectivity index (χ0n) is 7.86. The summed E-state index contributed by atoms with van der Waals surface area (Å²) < 4.78 is 0. The van der Waals surface area contributed by atoms with E-state index in [1.165, 1.54) is 16.9 Å². The highest BCUT2D eigenvalue weighted by Crippen LogP contribution is 2.40. The molecule has 0 amide bonds. The third-order valence-corrected chi connectivity index (χ3v) is 4.07. The van der Waals surface area contributed by atoms with E-state index in [0.717, 1.165) is 6.42 Å². The molecule has 1 nitrogen and oxygen atoms in total. The lowest BCUT2D eigenvalue weighted by Gasteiger charge is -2.27. The topological polar surface area (TPSA) is 26.0 Å². The zero-order chi connectivity index (χ0) is 9.26. The fraction of sp³-hybridized carbons (Fsp3) is 0.455. The van der Waals surface area contributed by atoms with E-state index in [2.05, 4.69) is 31.2 Å². The van der Waals surface area contributed by atoms with Gasteiger partial charge in [-0.15, -0.1) is 11.8 Å². The minimum atomic E-state index is 0.252. The lowest BCUT2D eigenvalue weighted by Crippen LogP contribution is -2.21. The van der Waals surface area contributed by atoms with Crippen molar-refractivity contribution in [2.75, 3.05) is 0 Å². The summed E-state index contributed by atoms with van der Waals surface area (Å²) in [6.45, 7) is 2.23. The van der Waals surface area contributed by atoms with E-state index in [4.69, 9.17) is 5.73 Å². The summed E-state index contributed by atoms with van der Waals surface area (Å²) in [5.41, 5.74) is 7.43. The van der Waals surface area contributed by atoms with Crippen LogP contribution >= 0.6 is 11.8 Å². The van der Waals surface area contributed by atoms with Crippen molar-refractivity contribution in [3.63, 3.8) is 0 Å². The molecule has 2 atom stereocenters. The molecule has 1 aliphatic rings. The maximum absolute atomic E-state index is 6.10. The van der Waals surface area contributed by atoms with Gasteiger partial charge < -0.3 is 5.73 Å². The number of thioether (sulfide) groups is 1. The van der Waals surface area contributed by atoms with Gasteiger partial charge >= 0.3 is 0 Å². The molecule has 13 heavy (non-hydrogen) atoms. The van der Waals surface area contributed by atoms with E-state index in [0.29, 0.717) is 5.25 Å². The van der Waals surface area contributed by atoms with Gasteiger partial charge in [0.05, 0.1) is 0 Å². The number of hydrogen-bond acceptors (Lipinski definition) is 2. The third kappa shape index (κ3) is 1.74. The summed E-state index contributed by atoms with van der Waals surface area (Å²) in [4.78, 5) is 1.38.